The van der Waals surface area contributed by atoms with Crippen LogP contribution in [0.5, 0.6) is 5.75 Å². The van der Waals surface area contributed by atoms with Crippen molar-refractivity contribution >= 4 is 11.7 Å². The number of nitrogens with one attached hydrogen (secondary N) is 1. The highest BCUT2D eigenvalue weighted by atomic mass is 16.5. The number of hydrogen-bond acceptors (Lipinski definition) is 4. The predicted molar refractivity (Wildman–Crippen MR) is 121 cm³/mol. The van der Waals surface area contributed by atoms with E-state index in [4.69, 9.17) is 4.74 Å². The lowest BCUT2D eigenvalue weighted by Crippen LogP contribution is -2.24. The molecule has 0 unspecified atom stereocenters. The van der Waals surface area contributed by atoms with Crippen molar-refractivity contribution in [2.75, 3.05) is 19.7 Å². The molecule has 30 heavy (non-hydrogen) atoms. The zero-order valence-corrected chi connectivity index (χ0v) is 18.4. The van der Waals surface area contributed by atoms with Crippen molar-refractivity contribution in [3.05, 3.63) is 65.2 Å². The number of rotatable bonds is 13. The van der Waals surface area contributed by atoms with Crippen molar-refractivity contribution in [1.82, 2.24) is 10.2 Å². The second kappa shape index (κ2) is 12.8. The van der Waals surface area contributed by atoms with Gasteiger partial charge in [-0.05, 0) is 54.9 Å². The number of Topliss-reactive ketones (excluding diaryl/α,β-unsaturated/α-hetero) is 1. The molecule has 1 N–H and O–H groups in total. The molecular formula is C25H34N2O3. The molecule has 162 valence electrons. The van der Waals surface area contributed by atoms with Crippen LogP contribution >= 0.6 is 0 Å². The Morgan fingerprint density at radius 1 is 0.933 bits per heavy atom. The van der Waals surface area contributed by atoms with E-state index in [-0.39, 0.29) is 24.5 Å². The quantitative estimate of drug-likeness (QED) is 0.491. The van der Waals surface area contributed by atoms with E-state index in [9.17, 15) is 9.59 Å². The Labute approximate surface area is 180 Å². The van der Waals surface area contributed by atoms with Crippen molar-refractivity contribution in [2.45, 2.75) is 53.1 Å². The van der Waals surface area contributed by atoms with Gasteiger partial charge in [0.15, 0.2) is 5.78 Å². The Kier molecular flexibility index (Phi) is 10.1. The largest absolute Gasteiger partial charge is 0.494 e. The molecule has 5 nitrogen and oxygen atoms in total. The number of carbonyl (C=O) groups excluding carboxylic acids is 2. The minimum Gasteiger partial charge on any atom is -0.494 e. The van der Waals surface area contributed by atoms with Crippen molar-refractivity contribution in [2.24, 2.45) is 0 Å². The topological polar surface area (TPSA) is 58.6 Å². The highest BCUT2D eigenvalue weighted by molar-refractivity contribution is 5.98. The highest BCUT2D eigenvalue weighted by Crippen LogP contribution is 2.14. The fraction of sp³-hybridized carbons (Fsp3) is 0.440. The van der Waals surface area contributed by atoms with Gasteiger partial charge in [0, 0.05) is 31.5 Å². The second-order valence-electron chi connectivity index (χ2n) is 7.35. The van der Waals surface area contributed by atoms with Crippen LogP contribution in [0.3, 0.4) is 0 Å². The van der Waals surface area contributed by atoms with E-state index in [0.29, 0.717) is 18.7 Å². The SMILES string of the molecule is CCCOc1ccc(C(=O)CCC(=O)NCc2cccc(CN(CC)CC)c2)cc1. The first-order valence-electron chi connectivity index (χ1n) is 10.9. The van der Waals surface area contributed by atoms with Crippen molar-refractivity contribution in [3.63, 3.8) is 0 Å². The molecule has 0 heterocycles. The summed E-state index contributed by atoms with van der Waals surface area (Å²) < 4.78 is 5.53. The van der Waals surface area contributed by atoms with Crippen molar-refractivity contribution < 1.29 is 14.3 Å². The zero-order valence-electron chi connectivity index (χ0n) is 18.4. The molecule has 0 spiro atoms. The summed E-state index contributed by atoms with van der Waals surface area (Å²) in [5, 5.41) is 2.92. The summed E-state index contributed by atoms with van der Waals surface area (Å²) >= 11 is 0. The zero-order chi connectivity index (χ0) is 21.8. The van der Waals surface area contributed by atoms with Crippen LogP contribution in [0.1, 0.15) is 61.5 Å². The van der Waals surface area contributed by atoms with Gasteiger partial charge in [0.1, 0.15) is 5.75 Å². The first-order chi connectivity index (χ1) is 14.5. The molecule has 0 saturated carbocycles. The number of ketones is 1. The van der Waals surface area contributed by atoms with Crippen molar-refractivity contribution in [1.29, 1.82) is 0 Å². The van der Waals surface area contributed by atoms with Gasteiger partial charge in [-0.1, -0.05) is 45.0 Å². The van der Waals surface area contributed by atoms with Crippen LogP contribution in [-0.4, -0.2) is 36.3 Å². The molecular weight excluding hydrogens is 376 g/mol. The molecule has 0 fully saturated rings. The van der Waals surface area contributed by atoms with E-state index < -0.39 is 0 Å². The molecule has 0 saturated heterocycles. The van der Waals surface area contributed by atoms with Crippen LogP contribution in [0.4, 0.5) is 0 Å². The Morgan fingerprint density at radius 2 is 1.63 bits per heavy atom. The van der Waals surface area contributed by atoms with Crippen LogP contribution in [0.15, 0.2) is 48.5 Å². The maximum atomic E-state index is 12.3. The maximum Gasteiger partial charge on any atom is 0.220 e. The van der Waals surface area contributed by atoms with Crippen LogP contribution in [0.2, 0.25) is 0 Å². The number of carbonyl (C=O) groups is 2. The lowest BCUT2D eigenvalue weighted by Gasteiger charge is -2.18. The van der Waals surface area contributed by atoms with Gasteiger partial charge in [-0.2, -0.15) is 0 Å². The van der Waals surface area contributed by atoms with Gasteiger partial charge in [-0.3, -0.25) is 14.5 Å². The molecule has 2 aromatic rings. The number of nitrogens with zero attached hydrogens (tertiary/aromatic N) is 1. The molecule has 0 aliphatic rings. The second-order valence-corrected chi connectivity index (χ2v) is 7.35. The Hall–Kier alpha value is -2.66. The lowest BCUT2D eigenvalue weighted by molar-refractivity contribution is -0.121. The average Bonchev–Trinajstić information content (AvgIpc) is 2.78. The number of hydrogen-bond donors (Lipinski definition) is 1. The highest BCUT2D eigenvalue weighted by Gasteiger charge is 2.10. The molecule has 0 radical (unpaired) electrons. The van der Waals surface area contributed by atoms with Gasteiger partial charge in [0.05, 0.1) is 6.61 Å². The van der Waals surface area contributed by atoms with E-state index in [1.165, 1.54) is 5.56 Å². The smallest absolute Gasteiger partial charge is 0.220 e. The summed E-state index contributed by atoms with van der Waals surface area (Å²) in [5.74, 6) is 0.614. The Bertz CT molecular complexity index is 798. The van der Waals surface area contributed by atoms with Gasteiger partial charge in [-0.25, -0.2) is 0 Å². The summed E-state index contributed by atoms with van der Waals surface area (Å²) in [5.41, 5.74) is 2.92. The minimum absolute atomic E-state index is 0.0339. The summed E-state index contributed by atoms with van der Waals surface area (Å²) in [6.45, 7) is 10.4. The summed E-state index contributed by atoms with van der Waals surface area (Å²) in [6.07, 6.45) is 1.32. The Balaban J connectivity index is 1.77. The Morgan fingerprint density at radius 3 is 2.30 bits per heavy atom. The molecule has 5 heteroatoms. The standard InChI is InChI=1S/C25H34N2O3/c1-4-16-30-23-12-10-22(11-13-23)24(28)14-15-25(29)26-18-20-8-7-9-21(17-20)19-27(5-2)6-3/h7-13,17H,4-6,14-16,18-19H2,1-3H3,(H,26,29). The molecule has 0 atom stereocenters. The first kappa shape index (κ1) is 23.6. The van der Waals surface area contributed by atoms with Gasteiger partial charge < -0.3 is 10.1 Å². The first-order valence-corrected chi connectivity index (χ1v) is 10.9. The van der Waals surface area contributed by atoms with E-state index >= 15 is 0 Å². The molecule has 0 aliphatic carbocycles. The van der Waals surface area contributed by atoms with E-state index in [1.54, 1.807) is 24.3 Å². The molecule has 0 aromatic heterocycles. The van der Waals surface area contributed by atoms with E-state index in [2.05, 4.69) is 36.2 Å². The average molecular weight is 411 g/mol. The molecule has 2 rings (SSSR count). The van der Waals surface area contributed by atoms with Gasteiger partial charge in [0.25, 0.3) is 0 Å². The number of ether oxygens (including phenoxy) is 1. The van der Waals surface area contributed by atoms with Crippen LogP contribution in [0.25, 0.3) is 0 Å². The van der Waals surface area contributed by atoms with Gasteiger partial charge in [0.2, 0.25) is 5.91 Å². The van der Waals surface area contributed by atoms with Crippen LogP contribution < -0.4 is 10.1 Å². The minimum atomic E-state index is -0.111. The number of benzene rings is 2. The fourth-order valence-electron chi connectivity index (χ4n) is 3.16. The summed E-state index contributed by atoms with van der Waals surface area (Å²) in [7, 11) is 0. The third-order valence-corrected chi connectivity index (χ3v) is 5.01. The molecule has 2 aromatic carbocycles. The van der Waals surface area contributed by atoms with Crippen molar-refractivity contribution in [3.8, 4) is 5.75 Å². The molecule has 0 aliphatic heterocycles. The summed E-state index contributed by atoms with van der Waals surface area (Å²) in [4.78, 5) is 26.9. The van der Waals surface area contributed by atoms with Gasteiger partial charge >= 0.3 is 0 Å². The maximum absolute atomic E-state index is 12.3. The third kappa shape index (κ3) is 7.99. The van der Waals surface area contributed by atoms with E-state index in [0.717, 1.165) is 37.4 Å². The summed E-state index contributed by atoms with van der Waals surface area (Å²) in [6, 6.07) is 15.4. The van der Waals surface area contributed by atoms with Crippen LogP contribution in [-0.2, 0) is 17.9 Å². The van der Waals surface area contributed by atoms with E-state index in [1.807, 2.05) is 19.1 Å². The lowest BCUT2D eigenvalue weighted by atomic mass is 10.1. The predicted octanol–water partition coefficient (Wildman–Crippen LogP) is 4.60. The monoisotopic (exact) mass is 410 g/mol. The van der Waals surface area contributed by atoms with Crippen LogP contribution in [0, 0.1) is 0 Å². The number of amides is 1. The molecule has 0 bridgehead atoms. The fourth-order valence-corrected chi connectivity index (χ4v) is 3.16. The third-order valence-electron chi connectivity index (χ3n) is 5.01. The van der Waals surface area contributed by atoms with Gasteiger partial charge in [-0.15, -0.1) is 0 Å². The molecule has 1 amide bonds. The normalized spacial score (nSPS) is 10.8.